The number of aliphatic hydroxyl groups excluding tert-OH is 1. The quantitative estimate of drug-likeness (QED) is 0.187. The van der Waals surface area contributed by atoms with Crippen molar-refractivity contribution < 1.29 is 9.84 Å². The lowest BCUT2D eigenvalue weighted by Crippen LogP contribution is -2.39. The van der Waals surface area contributed by atoms with E-state index in [1.807, 2.05) is 22.9 Å². The van der Waals surface area contributed by atoms with E-state index in [1.54, 1.807) is 0 Å². The molecule has 0 spiro atoms. The number of aliphatic hydroxyl groups is 1. The van der Waals surface area contributed by atoms with Crippen molar-refractivity contribution in [3.8, 4) is 5.69 Å². The SMILES string of the molecule is CCNC(=NCC1(CCO)CCOC1)NCCCc1cn(-c2ccccc2)nc1C.I. The van der Waals surface area contributed by atoms with Gasteiger partial charge < -0.3 is 20.5 Å². The van der Waals surface area contributed by atoms with Crippen LogP contribution in [0.3, 0.4) is 0 Å². The molecule has 8 heteroatoms. The second-order valence-corrected chi connectivity index (χ2v) is 8.02. The zero-order valence-electron chi connectivity index (χ0n) is 18.6. The predicted octanol–water partition coefficient (Wildman–Crippen LogP) is 3.08. The van der Waals surface area contributed by atoms with Crippen molar-refractivity contribution in [2.45, 2.75) is 39.5 Å². The average molecular weight is 541 g/mol. The van der Waals surface area contributed by atoms with Gasteiger partial charge in [0.25, 0.3) is 0 Å². The molecule has 3 rings (SSSR count). The van der Waals surface area contributed by atoms with Crippen LogP contribution in [0.5, 0.6) is 0 Å². The monoisotopic (exact) mass is 541 g/mol. The molecule has 0 bridgehead atoms. The standard InChI is InChI=1S/C23H35N5O2.HI/c1-3-24-22(26-17-23(11-14-29)12-15-30-18-23)25-13-7-8-20-16-28(27-19(20)2)21-9-5-4-6-10-21;/h4-6,9-10,16,29H,3,7-8,11-15,17-18H2,1-2H3,(H2,24,25,26);1H. The second kappa shape index (κ2) is 13.0. The van der Waals surface area contributed by atoms with Crippen LogP contribution in [0.25, 0.3) is 5.69 Å². The summed E-state index contributed by atoms with van der Waals surface area (Å²) in [4.78, 5) is 4.78. The van der Waals surface area contributed by atoms with Crippen LogP contribution in [0, 0.1) is 12.3 Å². The van der Waals surface area contributed by atoms with E-state index < -0.39 is 0 Å². The lowest BCUT2D eigenvalue weighted by Gasteiger charge is -2.24. The minimum atomic E-state index is -0.0275. The molecule has 1 aromatic carbocycles. The van der Waals surface area contributed by atoms with Crippen LogP contribution < -0.4 is 10.6 Å². The molecule has 31 heavy (non-hydrogen) atoms. The molecular formula is C23H36IN5O2. The van der Waals surface area contributed by atoms with Crippen LogP contribution in [0.15, 0.2) is 41.5 Å². The minimum Gasteiger partial charge on any atom is -0.396 e. The summed E-state index contributed by atoms with van der Waals surface area (Å²) in [5.74, 6) is 0.832. The van der Waals surface area contributed by atoms with E-state index in [0.717, 1.165) is 62.7 Å². The molecule has 0 aliphatic carbocycles. The maximum atomic E-state index is 9.40. The van der Waals surface area contributed by atoms with E-state index in [9.17, 15) is 5.11 Å². The summed E-state index contributed by atoms with van der Waals surface area (Å²) >= 11 is 0. The maximum Gasteiger partial charge on any atom is 0.191 e. The Balaban J connectivity index is 0.00000341. The van der Waals surface area contributed by atoms with Crippen LogP contribution in [-0.2, 0) is 11.2 Å². The van der Waals surface area contributed by atoms with Gasteiger partial charge in [0.15, 0.2) is 5.96 Å². The third-order valence-corrected chi connectivity index (χ3v) is 5.68. The van der Waals surface area contributed by atoms with Crippen molar-refractivity contribution in [3.63, 3.8) is 0 Å². The molecule has 1 saturated heterocycles. The summed E-state index contributed by atoms with van der Waals surface area (Å²) < 4.78 is 7.52. The summed E-state index contributed by atoms with van der Waals surface area (Å²) in [6.45, 7) is 8.09. The van der Waals surface area contributed by atoms with E-state index in [2.05, 4.69) is 47.9 Å². The molecule has 1 unspecified atom stereocenters. The van der Waals surface area contributed by atoms with Crippen molar-refractivity contribution in [1.82, 2.24) is 20.4 Å². The number of rotatable bonds is 10. The molecule has 172 valence electrons. The van der Waals surface area contributed by atoms with Crippen molar-refractivity contribution in [2.24, 2.45) is 10.4 Å². The van der Waals surface area contributed by atoms with E-state index in [-0.39, 0.29) is 36.0 Å². The lowest BCUT2D eigenvalue weighted by molar-refractivity contribution is 0.131. The molecular weight excluding hydrogens is 505 g/mol. The Morgan fingerprint density at radius 1 is 1.29 bits per heavy atom. The van der Waals surface area contributed by atoms with E-state index in [0.29, 0.717) is 13.2 Å². The smallest absolute Gasteiger partial charge is 0.191 e. The van der Waals surface area contributed by atoms with Gasteiger partial charge in [0.2, 0.25) is 0 Å². The lowest BCUT2D eigenvalue weighted by atomic mass is 9.84. The van der Waals surface area contributed by atoms with Gasteiger partial charge in [-0.3, -0.25) is 4.99 Å². The first-order valence-corrected chi connectivity index (χ1v) is 11.0. The summed E-state index contributed by atoms with van der Waals surface area (Å²) in [7, 11) is 0. The highest BCUT2D eigenvalue weighted by Crippen LogP contribution is 2.32. The molecule has 1 aromatic heterocycles. The number of aryl methyl sites for hydroxylation is 2. The fourth-order valence-corrected chi connectivity index (χ4v) is 3.82. The second-order valence-electron chi connectivity index (χ2n) is 8.02. The number of benzene rings is 1. The Hall–Kier alpha value is -1.65. The number of hydrogen-bond donors (Lipinski definition) is 3. The number of aliphatic imine (C=N–C) groups is 1. The molecule has 1 aliphatic heterocycles. The Morgan fingerprint density at radius 2 is 2.10 bits per heavy atom. The molecule has 1 aliphatic rings. The van der Waals surface area contributed by atoms with Gasteiger partial charge in [0.05, 0.1) is 24.5 Å². The maximum absolute atomic E-state index is 9.40. The molecule has 0 amide bonds. The number of guanidine groups is 1. The van der Waals surface area contributed by atoms with Crippen LogP contribution in [0.4, 0.5) is 0 Å². The van der Waals surface area contributed by atoms with Crippen molar-refractivity contribution in [3.05, 3.63) is 47.8 Å². The Morgan fingerprint density at radius 3 is 2.77 bits per heavy atom. The van der Waals surface area contributed by atoms with Gasteiger partial charge in [-0.1, -0.05) is 18.2 Å². The number of ether oxygens (including phenoxy) is 1. The zero-order chi connectivity index (χ0) is 21.2. The van der Waals surface area contributed by atoms with Crippen LogP contribution >= 0.6 is 24.0 Å². The molecule has 2 heterocycles. The van der Waals surface area contributed by atoms with Gasteiger partial charge in [-0.25, -0.2) is 4.68 Å². The molecule has 3 N–H and O–H groups in total. The van der Waals surface area contributed by atoms with Crippen molar-refractivity contribution in [1.29, 1.82) is 0 Å². The first-order valence-electron chi connectivity index (χ1n) is 11.0. The highest BCUT2D eigenvalue weighted by Gasteiger charge is 2.34. The third kappa shape index (κ3) is 7.47. The van der Waals surface area contributed by atoms with Gasteiger partial charge in [-0.15, -0.1) is 24.0 Å². The largest absolute Gasteiger partial charge is 0.396 e. The number of nitrogens with one attached hydrogen (secondary N) is 2. The summed E-state index contributed by atoms with van der Waals surface area (Å²) in [6.07, 6.45) is 5.79. The van der Waals surface area contributed by atoms with E-state index >= 15 is 0 Å². The molecule has 2 aromatic rings. The Labute approximate surface area is 202 Å². The first-order chi connectivity index (χ1) is 14.7. The van der Waals surface area contributed by atoms with Crippen molar-refractivity contribution in [2.75, 3.05) is 39.5 Å². The minimum absolute atomic E-state index is 0. The van der Waals surface area contributed by atoms with Gasteiger partial charge >= 0.3 is 0 Å². The van der Waals surface area contributed by atoms with Crippen LogP contribution in [0.2, 0.25) is 0 Å². The van der Waals surface area contributed by atoms with Crippen LogP contribution in [-0.4, -0.2) is 60.3 Å². The summed E-state index contributed by atoms with van der Waals surface area (Å²) in [5.41, 5.74) is 3.40. The zero-order valence-corrected chi connectivity index (χ0v) is 21.0. The van der Waals surface area contributed by atoms with Gasteiger partial charge in [0.1, 0.15) is 0 Å². The highest BCUT2D eigenvalue weighted by molar-refractivity contribution is 14.0. The number of nitrogens with zero attached hydrogens (tertiary/aromatic N) is 3. The first kappa shape index (κ1) is 25.6. The number of halogens is 1. The van der Waals surface area contributed by atoms with Gasteiger partial charge in [-0.2, -0.15) is 5.10 Å². The summed E-state index contributed by atoms with van der Waals surface area (Å²) in [5, 5.41) is 20.8. The Bertz CT molecular complexity index is 804. The van der Waals surface area contributed by atoms with E-state index in [4.69, 9.17) is 9.73 Å². The molecule has 7 nitrogen and oxygen atoms in total. The summed E-state index contributed by atoms with van der Waals surface area (Å²) in [6, 6.07) is 10.2. The Kier molecular flexibility index (Phi) is 10.8. The number of para-hydroxylation sites is 1. The normalized spacial score (nSPS) is 18.6. The average Bonchev–Trinajstić information content (AvgIpc) is 3.37. The van der Waals surface area contributed by atoms with E-state index in [1.165, 1.54) is 5.56 Å². The van der Waals surface area contributed by atoms with Crippen molar-refractivity contribution >= 4 is 29.9 Å². The molecule has 0 radical (unpaired) electrons. The molecule has 1 fully saturated rings. The number of aromatic nitrogens is 2. The third-order valence-electron chi connectivity index (χ3n) is 5.68. The fraction of sp³-hybridized carbons (Fsp3) is 0.565. The molecule has 0 saturated carbocycles. The van der Waals surface area contributed by atoms with Crippen LogP contribution in [0.1, 0.15) is 37.4 Å². The predicted molar refractivity (Wildman–Crippen MR) is 136 cm³/mol. The van der Waals surface area contributed by atoms with Gasteiger partial charge in [-0.05, 0) is 57.2 Å². The highest BCUT2D eigenvalue weighted by atomic mass is 127. The fourth-order valence-electron chi connectivity index (χ4n) is 3.82. The topological polar surface area (TPSA) is 83.7 Å². The van der Waals surface area contributed by atoms with Gasteiger partial charge in [0, 0.05) is 37.9 Å². The number of hydrogen-bond acceptors (Lipinski definition) is 4. The molecule has 1 atom stereocenters.